The molecule has 2 amide bonds. The number of benzene rings is 1. The standard InChI is InChI=1S/C19H21BF5N3O3/c1-17(2)18(3,4)31-20(30-17)11-8-12(21)15(13(22)9-11)28-16(29)27-14-7-10(5-6-26-14)19(23,24)25/h5-9,14,26H,1-4H3,(H2,27,28,29). The average Bonchev–Trinajstić information content (AvgIpc) is 2.85. The first-order valence-electron chi connectivity index (χ1n) is 9.33. The van der Waals surface area contributed by atoms with E-state index in [0.29, 0.717) is 0 Å². The molecule has 2 heterocycles. The fourth-order valence-corrected chi connectivity index (χ4v) is 2.92. The van der Waals surface area contributed by atoms with Gasteiger partial charge >= 0.3 is 19.3 Å². The van der Waals surface area contributed by atoms with Crippen molar-refractivity contribution >= 4 is 24.3 Å². The molecule has 0 saturated carbocycles. The molecule has 1 unspecified atom stereocenters. The molecule has 0 aromatic heterocycles. The molecule has 3 rings (SSSR count). The molecule has 1 fully saturated rings. The maximum Gasteiger partial charge on any atom is 0.495 e. The zero-order valence-electron chi connectivity index (χ0n) is 17.2. The molecule has 31 heavy (non-hydrogen) atoms. The van der Waals surface area contributed by atoms with E-state index in [2.05, 4.69) is 10.6 Å². The predicted molar refractivity (Wildman–Crippen MR) is 104 cm³/mol. The van der Waals surface area contributed by atoms with Crippen LogP contribution in [0, 0.1) is 11.6 Å². The number of anilines is 1. The molecule has 0 radical (unpaired) electrons. The summed E-state index contributed by atoms with van der Waals surface area (Å²) in [6.45, 7) is 7.14. The molecule has 3 N–H and O–H groups in total. The number of allylic oxidation sites excluding steroid dienone is 2. The largest absolute Gasteiger partial charge is 0.495 e. The van der Waals surface area contributed by atoms with Crippen molar-refractivity contribution < 1.29 is 36.1 Å². The van der Waals surface area contributed by atoms with Crippen LogP contribution < -0.4 is 21.4 Å². The number of amides is 2. The van der Waals surface area contributed by atoms with Gasteiger partial charge in [-0.1, -0.05) is 0 Å². The van der Waals surface area contributed by atoms with E-state index in [1.165, 1.54) is 0 Å². The lowest BCUT2D eigenvalue weighted by Gasteiger charge is -2.32. The SMILES string of the molecule is CC1(C)OB(c2cc(F)c(NC(=O)NC3C=C(C(F)(F)F)C=CN3)c(F)c2)OC1(C)C. The molecule has 6 nitrogen and oxygen atoms in total. The Morgan fingerprint density at radius 2 is 1.65 bits per heavy atom. The molecule has 12 heteroatoms. The van der Waals surface area contributed by atoms with Crippen molar-refractivity contribution in [2.45, 2.75) is 51.2 Å². The van der Waals surface area contributed by atoms with E-state index in [1.54, 1.807) is 27.7 Å². The third-order valence-electron chi connectivity index (χ3n) is 5.33. The summed E-state index contributed by atoms with van der Waals surface area (Å²) >= 11 is 0. The van der Waals surface area contributed by atoms with Crippen LogP contribution in [0.2, 0.25) is 0 Å². The van der Waals surface area contributed by atoms with Gasteiger partial charge in [-0.15, -0.1) is 0 Å². The Hall–Kier alpha value is -2.60. The van der Waals surface area contributed by atoms with Gasteiger partial charge in [0.1, 0.15) is 23.5 Å². The normalized spacial score (nSPS) is 22.0. The summed E-state index contributed by atoms with van der Waals surface area (Å²) in [4.78, 5) is 12.1. The van der Waals surface area contributed by atoms with Gasteiger partial charge in [-0.2, -0.15) is 13.2 Å². The van der Waals surface area contributed by atoms with Crippen LogP contribution in [0.3, 0.4) is 0 Å². The van der Waals surface area contributed by atoms with Crippen molar-refractivity contribution in [3.8, 4) is 0 Å². The molecule has 2 aliphatic heterocycles. The van der Waals surface area contributed by atoms with E-state index in [-0.39, 0.29) is 5.46 Å². The minimum atomic E-state index is -4.60. The number of nitrogens with one attached hydrogen (secondary N) is 3. The van der Waals surface area contributed by atoms with Gasteiger partial charge in [0.25, 0.3) is 0 Å². The lowest BCUT2D eigenvalue weighted by Crippen LogP contribution is -2.46. The minimum absolute atomic E-state index is 0.0800. The summed E-state index contributed by atoms with van der Waals surface area (Å²) in [6.07, 6.45) is -3.29. The van der Waals surface area contributed by atoms with Crippen molar-refractivity contribution in [2.75, 3.05) is 5.32 Å². The van der Waals surface area contributed by atoms with Crippen LogP contribution in [0.4, 0.5) is 32.4 Å². The van der Waals surface area contributed by atoms with Gasteiger partial charge < -0.3 is 25.3 Å². The molecule has 0 aliphatic carbocycles. The second kappa shape index (κ2) is 7.83. The highest BCUT2D eigenvalue weighted by Gasteiger charge is 2.52. The van der Waals surface area contributed by atoms with Crippen LogP contribution in [0.25, 0.3) is 0 Å². The van der Waals surface area contributed by atoms with Crippen molar-refractivity contribution in [1.29, 1.82) is 0 Å². The second-order valence-electron chi connectivity index (χ2n) is 8.14. The maximum atomic E-state index is 14.5. The Balaban J connectivity index is 1.71. The molecule has 1 atom stereocenters. The Labute approximate surface area is 176 Å². The summed E-state index contributed by atoms with van der Waals surface area (Å²) in [5, 5.41) is 6.60. The Morgan fingerprint density at radius 3 is 2.16 bits per heavy atom. The van der Waals surface area contributed by atoms with Gasteiger partial charge in [0.15, 0.2) is 0 Å². The number of alkyl halides is 3. The average molecular weight is 445 g/mol. The van der Waals surface area contributed by atoms with E-state index < -0.39 is 59.6 Å². The molecule has 1 aromatic rings. The fraction of sp³-hybridized carbons (Fsp3) is 0.421. The molecule has 168 valence electrons. The molecular weight excluding hydrogens is 424 g/mol. The highest BCUT2D eigenvalue weighted by atomic mass is 19.4. The van der Waals surface area contributed by atoms with Crippen molar-refractivity contribution in [3.05, 3.63) is 47.7 Å². The summed E-state index contributed by atoms with van der Waals surface area (Å²) in [7, 11) is -1.01. The lowest BCUT2D eigenvalue weighted by atomic mass is 9.79. The Bertz CT molecular complexity index is 907. The first kappa shape index (κ1) is 23.1. The number of urea groups is 1. The van der Waals surface area contributed by atoms with Crippen LogP contribution >= 0.6 is 0 Å². The Kier molecular flexibility index (Phi) is 5.83. The number of dihydropyridines is 1. The van der Waals surface area contributed by atoms with E-state index in [0.717, 1.165) is 30.5 Å². The zero-order valence-corrected chi connectivity index (χ0v) is 17.2. The van der Waals surface area contributed by atoms with E-state index in [4.69, 9.17) is 9.31 Å². The first-order chi connectivity index (χ1) is 14.2. The number of hydrogen-bond acceptors (Lipinski definition) is 4. The zero-order chi connectivity index (χ0) is 23.2. The molecule has 2 aliphatic rings. The van der Waals surface area contributed by atoms with E-state index in [1.807, 2.05) is 5.32 Å². The minimum Gasteiger partial charge on any atom is -0.399 e. The predicted octanol–water partition coefficient (Wildman–Crippen LogP) is 3.32. The van der Waals surface area contributed by atoms with Crippen LogP contribution in [-0.4, -0.2) is 36.7 Å². The van der Waals surface area contributed by atoms with Crippen molar-refractivity contribution in [1.82, 2.24) is 10.6 Å². The van der Waals surface area contributed by atoms with E-state index in [9.17, 15) is 26.7 Å². The van der Waals surface area contributed by atoms with Crippen LogP contribution in [0.1, 0.15) is 27.7 Å². The van der Waals surface area contributed by atoms with Gasteiger partial charge in [0, 0.05) is 0 Å². The molecule has 1 saturated heterocycles. The second-order valence-corrected chi connectivity index (χ2v) is 8.14. The third-order valence-corrected chi connectivity index (χ3v) is 5.33. The van der Waals surface area contributed by atoms with Crippen LogP contribution in [0.5, 0.6) is 0 Å². The molecule has 0 bridgehead atoms. The maximum absolute atomic E-state index is 14.5. The van der Waals surface area contributed by atoms with Crippen LogP contribution in [0.15, 0.2) is 36.1 Å². The number of halogens is 5. The highest BCUT2D eigenvalue weighted by Crippen LogP contribution is 2.36. The topological polar surface area (TPSA) is 71.6 Å². The van der Waals surface area contributed by atoms with Gasteiger partial charge in [0.05, 0.1) is 16.8 Å². The first-order valence-corrected chi connectivity index (χ1v) is 9.33. The number of carbonyl (C=O) groups excluding carboxylic acids is 1. The quantitative estimate of drug-likeness (QED) is 0.494. The fourth-order valence-electron chi connectivity index (χ4n) is 2.92. The lowest BCUT2D eigenvalue weighted by molar-refractivity contribution is -0.0888. The third kappa shape index (κ3) is 4.85. The van der Waals surface area contributed by atoms with Crippen molar-refractivity contribution in [3.63, 3.8) is 0 Å². The Morgan fingerprint density at radius 1 is 1.10 bits per heavy atom. The molecule has 1 aromatic carbocycles. The number of rotatable bonds is 3. The smallest absolute Gasteiger partial charge is 0.399 e. The summed E-state index contributed by atoms with van der Waals surface area (Å²) in [5.41, 5.74) is -3.08. The number of carbonyl (C=O) groups is 1. The van der Waals surface area contributed by atoms with Gasteiger partial charge in [-0.05, 0) is 63.6 Å². The van der Waals surface area contributed by atoms with Gasteiger partial charge in [0.2, 0.25) is 0 Å². The van der Waals surface area contributed by atoms with Gasteiger partial charge in [-0.3, -0.25) is 0 Å². The highest BCUT2D eigenvalue weighted by molar-refractivity contribution is 6.62. The van der Waals surface area contributed by atoms with E-state index >= 15 is 0 Å². The number of hydrogen-bond donors (Lipinski definition) is 3. The monoisotopic (exact) mass is 445 g/mol. The van der Waals surface area contributed by atoms with Crippen molar-refractivity contribution in [2.24, 2.45) is 0 Å². The summed E-state index contributed by atoms with van der Waals surface area (Å²) in [5.74, 6) is -2.19. The van der Waals surface area contributed by atoms with Gasteiger partial charge in [-0.25, -0.2) is 13.6 Å². The van der Waals surface area contributed by atoms with Crippen LogP contribution in [-0.2, 0) is 9.31 Å². The molecule has 0 spiro atoms. The summed E-state index contributed by atoms with van der Waals surface area (Å²) in [6, 6.07) is 0.820. The molecular formula is C19H21BF5N3O3. The summed E-state index contributed by atoms with van der Waals surface area (Å²) < 4.78 is 78.9.